The number of benzene rings is 1. The molecular weight excluding hydrogens is 594 g/mol. The van der Waals surface area contributed by atoms with Crippen molar-refractivity contribution in [1.29, 1.82) is 0 Å². The first kappa shape index (κ1) is 31.7. The molecule has 0 unspecified atom stereocenters. The van der Waals surface area contributed by atoms with Crippen molar-refractivity contribution >= 4 is 34.9 Å². The molecular formula is C33H39N5O8. The molecule has 46 heavy (non-hydrogen) atoms. The SMILES string of the molecule is COC(=O)N1C(=O)c2ccc(C3=CCCCC3)c(N=Nc3c(COO)n(C4CCCCC4)c(=O)n(C4CCCCC4)c3=O)c2C1=O. The molecule has 0 saturated heterocycles. The molecule has 0 atom stereocenters. The third kappa shape index (κ3) is 5.66. The van der Waals surface area contributed by atoms with Crippen LogP contribution >= 0.6 is 0 Å². The summed E-state index contributed by atoms with van der Waals surface area (Å²) in [6.07, 6.45) is 12.8. The second kappa shape index (κ2) is 13.6. The Morgan fingerprint density at radius 3 is 2.07 bits per heavy atom. The molecule has 3 aliphatic carbocycles. The summed E-state index contributed by atoms with van der Waals surface area (Å²) in [4.78, 5) is 72.5. The zero-order valence-electron chi connectivity index (χ0n) is 26.0. The predicted molar refractivity (Wildman–Crippen MR) is 167 cm³/mol. The van der Waals surface area contributed by atoms with E-state index in [1.807, 2.05) is 6.08 Å². The fraction of sp³-hybridized carbons (Fsp3) is 0.545. The molecule has 2 fully saturated rings. The molecule has 13 nitrogen and oxygen atoms in total. The van der Waals surface area contributed by atoms with Crippen LogP contribution in [0.15, 0.2) is 38.0 Å². The third-order valence-corrected chi connectivity index (χ3v) is 9.75. The summed E-state index contributed by atoms with van der Waals surface area (Å²) in [6.45, 7) is -0.473. The highest BCUT2D eigenvalue weighted by Crippen LogP contribution is 2.41. The van der Waals surface area contributed by atoms with Crippen LogP contribution in [0.5, 0.6) is 0 Å². The summed E-state index contributed by atoms with van der Waals surface area (Å²) in [7, 11) is 1.08. The van der Waals surface area contributed by atoms with Gasteiger partial charge in [0.25, 0.3) is 17.4 Å². The summed E-state index contributed by atoms with van der Waals surface area (Å²) < 4.78 is 7.54. The molecule has 2 heterocycles. The van der Waals surface area contributed by atoms with Gasteiger partial charge in [0.1, 0.15) is 12.3 Å². The highest BCUT2D eigenvalue weighted by Gasteiger charge is 2.43. The molecule has 3 amide bonds. The highest BCUT2D eigenvalue weighted by atomic mass is 17.1. The van der Waals surface area contributed by atoms with Gasteiger partial charge in [-0.15, -0.1) is 10.2 Å². The van der Waals surface area contributed by atoms with Crippen molar-refractivity contribution in [1.82, 2.24) is 14.0 Å². The zero-order chi connectivity index (χ0) is 32.4. The number of imide groups is 3. The minimum atomic E-state index is -1.12. The van der Waals surface area contributed by atoms with Crippen molar-refractivity contribution < 1.29 is 29.3 Å². The molecule has 2 aromatic rings. The van der Waals surface area contributed by atoms with E-state index in [1.54, 1.807) is 10.6 Å². The van der Waals surface area contributed by atoms with Gasteiger partial charge >= 0.3 is 11.8 Å². The van der Waals surface area contributed by atoms with E-state index in [9.17, 15) is 29.2 Å². The molecule has 13 heteroatoms. The number of amides is 3. The molecule has 1 aromatic carbocycles. The lowest BCUT2D eigenvalue weighted by molar-refractivity contribution is -0.254. The Kier molecular flexibility index (Phi) is 9.41. The summed E-state index contributed by atoms with van der Waals surface area (Å²) in [5.41, 5.74) is 0.199. The number of fused-ring (bicyclic) bond motifs is 1. The maximum atomic E-state index is 14.2. The van der Waals surface area contributed by atoms with Crippen molar-refractivity contribution in [2.75, 3.05) is 7.11 Å². The predicted octanol–water partition coefficient (Wildman–Crippen LogP) is 6.75. The van der Waals surface area contributed by atoms with Gasteiger partial charge in [-0.25, -0.2) is 14.5 Å². The van der Waals surface area contributed by atoms with Gasteiger partial charge in [0.05, 0.1) is 23.9 Å². The quantitative estimate of drug-likeness (QED) is 0.152. The second-order valence-electron chi connectivity index (χ2n) is 12.5. The molecule has 0 bridgehead atoms. The van der Waals surface area contributed by atoms with Crippen LogP contribution in [0.4, 0.5) is 16.2 Å². The Labute approximate surface area is 265 Å². The molecule has 1 aromatic heterocycles. The van der Waals surface area contributed by atoms with Gasteiger partial charge in [-0.05, 0) is 63.0 Å². The van der Waals surface area contributed by atoms with Crippen molar-refractivity contribution in [3.63, 3.8) is 0 Å². The number of aromatic nitrogens is 2. The molecule has 2 saturated carbocycles. The molecule has 244 valence electrons. The van der Waals surface area contributed by atoms with E-state index in [-0.39, 0.29) is 40.3 Å². The van der Waals surface area contributed by atoms with Gasteiger partial charge < -0.3 is 4.74 Å². The first-order valence-corrected chi connectivity index (χ1v) is 16.3. The number of ether oxygens (including phenoxy) is 1. The minimum Gasteiger partial charge on any atom is -0.452 e. The Bertz CT molecular complexity index is 1730. The van der Waals surface area contributed by atoms with Crippen LogP contribution in [0.25, 0.3) is 5.57 Å². The number of allylic oxidation sites excluding steroid dienone is 2. The number of carbonyl (C=O) groups is 3. The summed E-state index contributed by atoms with van der Waals surface area (Å²) in [5.74, 6) is -1.74. The van der Waals surface area contributed by atoms with E-state index >= 15 is 0 Å². The van der Waals surface area contributed by atoms with Crippen LogP contribution < -0.4 is 11.2 Å². The number of hydrogen-bond acceptors (Lipinski definition) is 10. The average molecular weight is 634 g/mol. The number of hydrogen-bond donors (Lipinski definition) is 1. The first-order valence-electron chi connectivity index (χ1n) is 16.3. The van der Waals surface area contributed by atoms with Crippen LogP contribution in [-0.2, 0) is 16.2 Å². The fourth-order valence-electron chi connectivity index (χ4n) is 7.46. The molecule has 0 radical (unpaired) electrons. The van der Waals surface area contributed by atoms with Gasteiger partial charge in [-0.2, -0.15) is 4.90 Å². The highest BCUT2D eigenvalue weighted by molar-refractivity contribution is 6.30. The van der Waals surface area contributed by atoms with E-state index in [0.29, 0.717) is 29.7 Å². The first-order chi connectivity index (χ1) is 22.4. The van der Waals surface area contributed by atoms with Crippen LogP contribution in [-0.4, -0.2) is 44.3 Å². The monoisotopic (exact) mass is 633 g/mol. The van der Waals surface area contributed by atoms with E-state index in [2.05, 4.69) is 15.1 Å². The normalized spacial score (nSPS) is 19.5. The standard InChI is InChI=1S/C33H39N5O8/c1-45-33(43)38-29(39)24-18-17-23(20-11-5-2-6-12-20)27(26(24)30(38)40)34-35-28-25(19-46-44)36(21-13-7-3-8-14-21)32(42)37(31(28)41)22-15-9-4-10-16-22/h11,17-18,21-22,44H,2-10,12-16,19H2,1H3. The maximum absolute atomic E-state index is 14.2. The van der Waals surface area contributed by atoms with E-state index < -0.39 is 35.8 Å². The Morgan fingerprint density at radius 2 is 1.46 bits per heavy atom. The van der Waals surface area contributed by atoms with Crippen molar-refractivity contribution in [2.45, 2.75) is 109 Å². The van der Waals surface area contributed by atoms with Crippen molar-refractivity contribution in [2.24, 2.45) is 10.2 Å². The van der Waals surface area contributed by atoms with Gasteiger partial charge in [-0.1, -0.05) is 50.7 Å². The fourth-order valence-corrected chi connectivity index (χ4v) is 7.46. The summed E-state index contributed by atoms with van der Waals surface area (Å²) in [5, 5.41) is 18.6. The summed E-state index contributed by atoms with van der Waals surface area (Å²) in [6, 6.07) is 2.65. The van der Waals surface area contributed by atoms with Crippen molar-refractivity contribution in [3.05, 3.63) is 61.4 Å². The number of nitrogens with zero attached hydrogens (tertiary/aromatic N) is 5. The van der Waals surface area contributed by atoms with Gasteiger partial charge in [0.15, 0.2) is 5.69 Å². The largest absolute Gasteiger partial charge is 0.452 e. The molecule has 0 spiro atoms. The van der Waals surface area contributed by atoms with Gasteiger partial charge in [0.2, 0.25) is 0 Å². The molecule has 1 aliphatic heterocycles. The average Bonchev–Trinajstić information content (AvgIpc) is 3.34. The smallest absolute Gasteiger partial charge is 0.423 e. The van der Waals surface area contributed by atoms with Crippen LogP contribution in [0.1, 0.15) is 134 Å². The number of carbonyl (C=O) groups excluding carboxylic acids is 3. The number of methoxy groups -OCH3 is 1. The molecule has 4 aliphatic rings. The van der Waals surface area contributed by atoms with Gasteiger partial charge in [-0.3, -0.25) is 28.8 Å². The van der Waals surface area contributed by atoms with Gasteiger partial charge in [0, 0.05) is 17.6 Å². The summed E-state index contributed by atoms with van der Waals surface area (Å²) >= 11 is 0. The van der Waals surface area contributed by atoms with Crippen LogP contribution in [0, 0.1) is 0 Å². The third-order valence-electron chi connectivity index (χ3n) is 9.75. The second-order valence-corrected chi connectivity index (χ2v) is 12.5. The molecule has 1 N–H and O–H groups in total. The molecule has 6 rings (SSSR count). The topological polar surface area (TPSA) is 162 Å². The van der Waals surface area contributed by atoms with Crippen LogP contribution in [0.2, 0.25) is 0 Å². The van der Waals surface area contributed by atoms with E-state index in [0.717, 1.165) is 83.3 Å². The van der Waals surface area contributed by atoms with E-state index in [1.165, 1.54) is 10.6 Å². The lowest BCUT2D eigenvalue weighted by atomic mass is 9.90. The van der Waals surface area contributed by atoms with E-state index in [4.69, 9.17) is 4.74 Å². The Hall–Kier alpha value is -4.23. The zero-order valence-corrected chi connectivity index (χ0v) is 26.0. The Balaban J connectivity index is 1.58. The maximum Gasteiger partial charge on any atom is 0.423 e. The minimum absolute atomic E-state index is 0.0322. The Morgan fingerprint density at radius 1 is 0.826 bits per heavy atom. The number of azo groups is 1. The number of rotatable bonds is 7. The van der Waals surface area contributed by atoms with Crippen molar-refractivity contribution in [3.8, 4) is 0 Å². The lowest BCUT2D eigenvalue weighted by Gasteiger charge is -2.30. The van der Waals surface area contributed by atoms with Crippen LogP contribution in [0.3, 0.4) is 0 Å². The lowest BCUT2D eigenvalue weighted by Crippen LogP contribution is -2.45.